The summed E-state index contributed by atoms with van der Waals surface area (Å²) >= 11 is 0. The molecule has 0 radical (unpaired) electrons. The SMILES string of the molecule is COC(=O)/C=C(\Nc1ccc(F)c(C(F)(F)F)c1)C(=O)OC. The van der Waals surface area contributed by atoms with Gasteiger partial charge in [0.2, 0.25) is 0 Å². The van der Waals surface area contributed by atoms with E-state index in [0.717, 1.165) is 20.3 Å². The number of carbonyl (C=O) groups is 2. The van der Waals surface area contributed by atoms with Crippen molar-refractivity contribution in [3.05, 3.63) is 41.4 Å². The summed E-state index contributed by atoms with van der Waals surface area (Å²) < 4.78 is 59.7. The van der Waals surface area contributed by atoms with Crippen LogP contribution in [0.25, 0.3) is 0 Å². The minimum atomic E-state index is -4.90. The molecule has 0 saturated carbocycles. The Morgan fingerprint density at radius 3 is 2.32 bits per heavy atom. The van der Waals surface area contributed by atoms with Crippen LogP contribution < -0.4 is 5.32 Å². The number of hydrogen-bond acceptors (Lipinski definition) is 5. The highest BCUT2D eigenvalue weighted by molar-refractivity contribution is 5.98. The number of benzene rings is 1. The molecule has 0 aliphatic carbocycles. The van der Waals surface area contributed by atoms with Crippen molar-refractivity contribution >= 4 is 17.6 Å². The lowest BCUT2D eigenvalue weighted by molar-refractivity contribution is -0.140. The van der Waals surface area contributed by atoms with Gasteiger partial charge in [-0.05, 0) is 18.2 Å². The van der Waals surface area contributed by atoms with Crippen LogP contribution in [0.5, 0.6) is 0 Å². The van der Waals surface area contributed by atoms with E-state index in [-0.39, 0.29) is 5.69 Å². The zero-order chi connectivity index (χ0) is 16.9. The van der Waals surface area contributed by atoms with Crippen molar-refractivity contribution in [2.45, 2.75) is 6.18 Å². The number of anilines is 1. The molecule has 0 heterocycles. The second-order valence-electron chi connectivity index (χ2n) is 3.89. The van der Waals surface area contributed by atoms with Crippen LogP contribution in [0.1, 0.15) is 5.56 Å². The third kappa shape index (κ3) is 4.47. The number of alkyl halides is 3. The van der Waals surface area contributed by atoms with Crippen LogP contribution in [-0.4, -0.2) is 26.2 Å². The molecular formula is C13H11F4NO4. The second-order valence-corrected chi connectivity index (χ2v) is 3.89. The van der Waals surface area contributed by atoms with Crippen LogP contribution in [0.4, 0.5) is 23.2 Å². The predicted molar refractivity (Wildman–Crippen MR) is 67.1 cm³/mol. The highest BCUT2D eigenvalue weighted by atomic mass is 19.4. The van der Waals surface area contributed by atoms with Crippen LogP contribution in [0.3, 0.4) is 0 Å². The molecule has 0 aromatic heterocycles. The first-order valence-electron chi connectivity index (χ1n) is 5.70. The van der Waals surface area contributed by atoms with Gasteiger partial charge in [-0.25, -0.2) is 14.0 Å². The van der Waals surface area contributed by atoms with E-state index < -0.39 is 35.2 Å². The van der Waals surface area contributed by atoms with Gasteiger partial charge in [0.25, 0.3) is 0 Å². The first-order valence-corrected chi connectivity index (χ1v) is 5.70. The predicted octanol–water partition coefficient (Wildman–Crippen LogP) is 2.49. The Balaban J connectivity index is 3.17. The van der Waals surface area contributed by atoms with Crippen LogP contribution >= 0.6 is 0 Å². The van der Waals surface area contributed by atoms with Gasteiger partial charge < -0.3 is 14.8 Å². The molecule has 9 heteroatoms. The molecule has 0 unspecified atom stereocenters. The number of esters is 2. The third-order valence-corrected chi connectivity index (χ3v) is 2.42. The van der Waals surface area contributed by atoms with Gasteiger partial charge in [-0.1, -0.05) is 0 Å². The molecule has 0 saturated heterocycles. The molecule has 120 valence electrons. The van der Waals surface area contributed by atoms with Crippen molar-refractivity contribution < 1.29 is 36.6 Å². The lowest BCUT2D eigenvalue weighted by atomic mass is 10.1. The molecule has 1 N–H and O–H groups in total. The normalized spacial score (nSPS) is 11.8. The van der Waals surface area contributed by atoms with Crippen LogP contribution in [-0.2, 0) is 25.2 Å². The van der Waals surface area contributed by atoms with Crippen molar-refractivity contribution in [2.24, 2.45) is 0 Å². The summed E-state index contributed by atoms with van der Waals surface area (Å²) in [5.41, 5.74) is -2.23. The molecule has 0 fully saturated rings. The highest BCUT2D eigenvalue weighted by Crippen LogP contribution is 2.33. The van der Waals surface area contributed by atoms with Crippen molar-refractivity contribution in [1.82, 2.24) is 0 Å². The Kier molecular flexibility index (Phi) is 5.50. The van der Waals surface area contributed by atoms with Gasteiger partial charge in [-0.2, -0.15) is 13.2 Å². The van der Waals surface area contributed by atoms with Crippen LogP contribution in [0.15, 0.2) is 30.0 Å². The minimum absolute atomic E-state index is 0.255. The highest BCUT2D eigenvalue weighted by Gasteiger charge is 2.34. The summed E-state index contributed by atoms with van der Waals surface area (Å²) in [7, 11) is 2.06. The van der Waals surface area contributed by atoms with Crippen molar-refractivity contribution in [3.63, 3.8) is 0 Å². The lowest BCUT2D eigenvalue weighted by Gasteiger charge is -2.12. The van der Waals surface area contributed by atoms with Gasteiger partial charge in [-0.3, -0.25) is 0 Å². The first kappa shape index (κ1) is 17.5. The summed E-state index contributed by atoms with van der Waals surface area (Å²) in [6.07, 6.45) is -4.21. The van der Waals surface area contributed by atoms with E-state index in [9.17, 15) is 27.2 Å². The van der Waals surface area contributed by atoms with Gasteiger partial charge >= 0.3 is 18.1 Å². The zero-order valence-corrected chi connectivity index (χ0v) is 11.5. The topological polar surface area (TPSA) is 64.6 Å². The minimum Gasteiger partial charge on any atom is -0.466 e. The molecule has 1 rings (SSSR count). The Labute approximate surface area is 122 Å². The molecule has 0 bridgehead atoms. The second kappa shape index (κ2) is 6.92. The van der Waals surface area contributed by atoms with E-state index in [0.29, 0.717) is 18.2 Å². The quantitative estimate of drug-likeness (QED) is 0.524. The number of rotatable bonds is 4. The zero-order valence-electron chi connectivity index (χ0n) is 11.5. The standard InChI is InChI=1S/C13H11F4NO4/c1-21-11(19)6-10(12(20)22-2)18-7-3-4-9(14)8(5-7)13(15,16)17/h3-6,18H,1-2H3/b10-6-. The molecule has 1 aromatic rings. The van der Waals surface area contributed by atoms with E-state index in [2.05, 4.69) is 14.8 Å². The van der Waals surface area contributed by atoms with Gasteiger partial charge in [0, 0.05) is 5.69 Å². The first-order chi connectivity index (χ1) is 10.2. The molecule has 0 spiro atoms. The van der Waals surface area contributed by atoms with Gasteiger partial charge in [0.05, 0.1) is 25.9 Å². The summed E-state index contributed by atoms with van der Waals surface area (Å²) in [4.78, 5) is 22.6. The summed E-state index contributed by atoms with van der Waals surface area (Å²) in [6.45, 7) is 0. The Hall–Kier alpha value is -2.58. The van der Waals surface area contributed by atoms with Crippen LogP contribution in [0.2, 0.25) is 0 Å². The monoisotopic (exact) mass is 321 g/mol. The molecule has 0 aliphatic rings. The molecular weight excluding hydrogens is 310 g/mol. The fraction of sp³-hybridized carbons (Fsp3) is 0.231. The molecule has 0 atom stereocenters. The number of nitrogens with one attached hydrogen (secondary N) is 1. The molecule has 5 nitrogen and oxygen atoms in total. The van der Waals surface area contributed by atoms with Gasteiger partial charge in [-0.15, -0.1) is 0 Å². The number of hydrogen-bond donors (Lipinski definition) is 1. The maximum atomic E-state index is 13.2. The van der Waals surface area contributed by atoms with E-state index >= 15 is 0 Å². The van der Waals surface area contributed by atoms with E-state index in [1.165, 1.54) is 0 Å². The summed E-state index contributed by atoms with van der Waals surface area (Å²) in [5.74, 6) is -3.40. The van der Waals surface area contributed by atoms with Crippen LogP contribution in [0, 0.1) is 5.82 Å². The van der Waals surface area contributed by atoms with E-state index in [1.54, 1.807) is 0 Å². The molecule has 22 heavy (non-hydrogen) atoms. The third-order valence-electron chi connectivity index (χ3n) is 2.42. The number of methoxy groups -OCH3 is 2. The lowest BCUT2D eigenvalue weighted by Crippen LogP contribution is -2.16. The number of ether oxygens (including phenoxy) is 2. The Morgan fingerprint density at radius 2 is 1.82 bits per heavy atom. The largest absolute Gasteiger partial charge is 0.466 e. The van der Waals surface area contributed by atoms with E-state index in [4.69, 9.17) is 0 Å². The van der Waals surface area contributed by atoms with Crippen molar-refractivity contribution in [2.75, 3.05) is 19.5 Å². The summed E-state index contributed by atoms with van der Waals surface area (Å²) in [5, 5.41) is 2.25. The Morgan fingerprint density at radius 1 is 1.18 bits per heavy atom. The average molecular weight is 321 g/mol. The smallest absolute Gasteiger partial charge is 0.419 e. The molecule has 1 aromatic carbocycles. The van der Waals surface area contributed by atoms with Crippen molar-refractivity contribution in [3.8, 4) is 0 Å². The number of halogens is 4. The van der Waals surface area contributed by atoms with E-state index in [1.807, 2.05) is 0 Å². The summed E-state index contributed by atoms with van der Waals surface area (Å²) in [6, 6.07) is 2.01. The van der Waals surface area contributed by atoms with Gasteiger partial charge in [0.1, 0.15) is 11.5 Å². The molecule has 0 amide bonds. The maximum absolute atomic E-state index is 13.2. The van der Waals surface area contributed by atoms with Crippen molar-refractivity contribution in [1.29, 1.82) is 0 Å². The maximum Gasteiger partial charge on any atom is 0.419 e. The average Bonchev–Trinajstić information content (AvgIpc) is 2.46. The fourth-order valence-corrected chi connectivity index (χ4v) is 1.41. The van der Waals surface area contributed by atoms with Gasteiger partial charge in [0.15, 0.2) is 0 Å². The fourth-order valence-electron chi connectivity index (χ4n) is 1.41. The number of carbonyl (C=O) groups excluding carboxylic acids is 2. The Bertz CT molecular complexity index is 611. The molecule has 0 aliphatic heterocycles.